The molecule has 0 aromatic carbocycles. The zero-order valence-corrected chi connectivity index (χ0v) is 10.1. The average Bonchev–Trinajstić information content (AvgIpc) is 2.64. The van der Waals surface area contributed by atoms with Gasteiger partial charge in [-0.25, -0.2) is 0 Å². The van der Waals surface area contributed by atoms with E-state index in [1.165, 1.54) is 38.8 Å². The van der Waals surface area contributed by atoms with Crippen molar-refractivity contribution in [1.82, 2.24) is 10.2 Å². The minimum atomic E-state index is 0.824. The third kappa shape index (κ3) is 3.97. The highest BCUT2D eigenvalue weighted by atomic mass is 15.2. The maximum atomic E-state index is 3.27. The molecule has 14 heavy (non-hydrogen) atoms. The van der Waals surface area contributed by atoms with E-state index in [1.54, 1.807) is 0 Å². The number of nitrogens with one attached hydrogen (secondary N) is 1. The number of nitrogens with zero attached hydrogens (tertiary/aromatic N) is 1. The summed E-state index contributed by atoms with van der Waals surface area (Å²) in [6.45, 7) is 8.50. The van der Waals surface area contributed by atoms with Gasteiger partial charge in [-0.3, -0.25) is 0 Å². The largest absolute Gasteiger partial charge is 0.320 e. The first-order valence-electron chi connectivity index (χ1n) is 6.12. The molecule has 1 rings (SSSR count). The molecule has 1 aliphatic heterocycles. The monoisotopic (exact) mass is 198 g/mol. The Morgan fingerprint density at radius 3 is 2.36 bits per heavy atom. The van der Waals surface area contributed by atoms with Crippen LogP contribution in [0.4, 0.5) is 0 Å². The van der Waals surface area contributed by atoms with Gasteiger partial charge in [-0.05, 0) is 58.3 Å². The SMILES string of the molecule is CNCCC(CC(C)C)N1CCCC1. The van der Waals surface area contributed by atoms with Crippen LogP contribution < -0.4 is 5.32 Å². The Morgan fingerprint density at radius 2 is 1.86 bits per heavy atom. The van der Waals surface area contributed by atoms with Crippen molar-refractivity contribution >= 4 is 0 Å². The molecule has 1 aliphatic rings. The fourth-order valence-electron chi connectivity index (χ4n) is 2.41. The Balaban J connectivity index is 2.34. The summed E-state index contributed by atoms with van der Waals surface area (Å²) in [7, 11) is 2.05. The summed E-state index contributed by atoms with van der Waals surface area (Å²) in [6, 6.07) is 0.824. The lowest BCUT2D eigenvalue weighted by atomic mass is 10.00. The highest BCUT2D eigenvalue weighted by Gasteiger charge is 2.21. The van der Waals surface area contributed by atoms with Gasteiger partial charge in [-0.2, -0.15) is 0 Å². The Morgan fingerprint density at radius 1 is 1.21 bits per heavy atom. The second kappa shape index (κ2) is 6.41. The predicted molar refractivity (Wildman–Crippen MR) is 62.6 cm³/mol. The fraction of sp³-hybridized carbons (Fsp3) is 1.00. The van der Waals surface area contributed by atoms with Gasteiger partial charge in [0.2, 0.25) is 0 Å². The van der Waals surface area contributed by atoms with Crippen LogP contribution in [0.25, 0.3) is 0 Å². The molecule has 0 spiro atoms. The summed E-state index contributed by atoms with van der Waals surface area (Å²) in [4.78, 5) is 2.69. The molecular weight excluding hydrogens is 172 g/mol. The number of hydrogen-bond donors (Lipinski definition) is 1. The third-order valence-electron chi connectivity index (χ3n) is 3.13. The van der Waals surface area contributed by atoms with E-state index < -0.39 is 0 Å². The number of likely N-dealkylation sites (tertiary alicyclic amines) is 1. The van der Waals surface area contributed by atoms with Crippen molar-refractivity contribution in [2.24, 2.45) is 5.92 Å². The summed E-state index contributed by atoms with van der Waals surface area (Å²) in [5.41, 5.74) is 0. The van der Waals surface area contributed by atoms with Gasteiger partial charge in [0.15, 0.2) is 0 Å². The quantitative estimate of drug-likeness (QED) is 0.703. The lowest BCUT2D eigenvalue weighted by Gasteiger charge is -2.29. The van der Waals surface area contributed by atoms with Crippen molar-refractivity contribution in [3.63, 3.8) is 0 Å². The summed E-state index contributed by atoms with van der Waals surface area (Å²) in [6.07, 6.45) is 5.50. The van der Waals surface area contributed by atoms with E-state index in [2.05, 4.69) is 31.1 Å². The first-order valence-corrected chi connectivity index (χ1v) is 6.12. The molecule has 0 aliphatic carbocycles. The second-order valence-corrected chi connectivity index (χ2v) is 4.92. The number of hydrogen-bond acceptors (Lipinski definition) is 2. The molecule has 0 radical (unpaired) electrons. The van der Waals surface area contributed by atoms with Crippen LogP contribution in [-0.4, -0.2) is 37.6 Å². The molecule has 2 nitrogen and oxygen atoms in total. The Bertz CT molecular complexity index is 139. The number of rotatable bonds is 6. The summed E-state index contributed by atoms with van der Waals surface area (Å²) < 4.78 is 0. The third-order valence-corrected chi connectivity index (χ3v) is 3.13. The molecule has 1 unspecified atom stereocenters. The predicted octanol–water partition coefficient (Wildman–Crippen LogP) is 2.11. The second-order valence-electron chi connectivity index (χ2n) is 4.92. The zero-order valence-electron chi connectivity index (χ0n) is 10.1. The van der Waals surface area contributed by atoms with Crippen molar-refractivity contribution < 1.29 is 0 Å². The van der Waals surface area contributed by atoms with Crippen LogP contribution in [0, 0.1) is 5.92 Å². The van der Waals surface area contributed by atoms with E-state index in [9.17, 15) is 0 Å². The molecule has 84 valence electrons. The first-order chi connectivity index (χ1) is 6.74. The Kier molecular flexibility index (Phi) is 5.49. The molecule has 2 heteroatoms. The van der Waals surface area contributed by atoms with E-state index in [4.69, 9.17) is 0 Å². The summed E-state index contributed by atoms with van der Waals surface area (Å²) >= 11 is 0. The van der Waals surface area contributed by atoms with Crippen molar-refractivity contribution in [3.8, 4) is 0 Å². The van der Waals surface area contributed by atoms with Gasteiger partial charge >= 0.3 is 0 Å². The van der Waals surface area contributed by atoms with Gasteiger partial charge in [0, 0.05) is 6.04 Å². The van der Waals surface area contributed by atoms with Crippen LogP contribution in [0.5, 0.6) is 0 Å². The van der Waals surface area contributed by atoms with Crippen molar-refractivity contribution in [1.29, 1.82) is 0 Å². The molecule has 0 bridgehead atoms. The maximum absolute atomic E-state index is 3.27. The van der Waals surface area contributed by atoms with Gasteiger partial charge in [0.05, 0.1) is 0 Å². The van der Waals surface area contributed by atoms with E-state index in [-0.39, 0.29) is 0 Å². The highest BCUT2D eigenvalue weighted by molar-refractivity contribution is 4.77. The maximum Gasteiger partial charge on any atom is 0.0110 e. The molecule has 0 amide bonds. The Labute approximate surface area is 89.1 Å². The van der Waals surface area contributed by atoms with Gasteiger partial charge in [0.25, 0.3) is 0 Å². The van der Waals surface area contributed by atoms with Gasteiger partial charge in [0.1, 0.15) is 0 Å². The molecule has 1 N–H and O–H groups in total. The molecule has 1 saturated heterocycles. The minimum absolute atomic E-state index is 0.824. The van der Waals surface area contributed by atoms with Crippen LogP contribution in [-0.2, 0) is 0 Å². The van der Waals surface area contributed by atoms with E-state index in [1.807, 2.05) is 0 Å². The van der Waals surface area contributed by atoms with Crippen LogP contribution in [0.1, 0.15) is 39.5 Å². The average molecular weight is 198 g/mol. The molecule has 0 aromatic heterocycles. The lowest BCUT2D eigenvalue weighted by Crippen LogP contribution is -2.35. The van der Waals surface area contributed by atoms with Gasteiger partial charge < -0.3 is 10.2 Å². The standard InChI is InChI=1S/C12H26N2/c1-11(2)10-12(6-7-13-3)14-8-4-5-9-14/h11-13H,4-10H2,1-3H3. The zero-order chi connectivity index (χ0) is 10.4. The van der Waals surface area contributed by atoms with E-state index in [0.29, 0.717) is 0 Å². The van der Waals surface area contributed by atoms with Crippen LogP contribution >= 0.6 is 0 Å². The smallest absolute Gasteiger partial charge is 0.0110 e. The molecule has 1 fully saturated rings. The summed E-state index contributed by atoms with van der Waals surface area (Å²) in [5, 5.41) is 3.27. The lowest BCUT2D eigenvalue weighted by molar-refractivity contribution is 0.201. The normalized spacial score (nSPS) is 20.6. The highest BCUT2D eigenvalue weighted by Crippen LogP contribution is 2.19. The van der Waals surface area contributed by atoms with Crippen molar-refractivity contribution in [2.45, 2.75) is 45.6 Å². The Hall–Kier alpha value is -0.0800. The van der Waals surface area contributed by atoms with Crippen LogP contribution in [0.15, 0.2) is 0 Å². The van der Waals surface area contributed by atoms with E-state index >= 15 is 0 Å². The molecular formula is C12H26N2. The van der Waals surface area contributed by atoms with Crippen LogP contribution in [0.2, 0.25) is 0 Å². The molecule has 1 atom stereocenters. The molecule has 0 saturated carbocycles. The van der Waals surface area contributed by atoms with Gasteiger partial charge in [-0.1, -0.05) is 13.8 Å². The van der Waals surface area contributed by atoms with Crippen molar-refractivity contribution in [2.75, 3.05) is 26.7 Å². The van der Waals surface area contributed by atoms with Gasteiger partial charge in [-0.15, -0.1) is 0 Å². The molecule has 1 heterocycles. The fourth-order valence-corrected chi connectivity index (χ4v) is 2.41. The topological polar surface area (TPSA) is 15.3 Å². The first kappa shape index (κ1) is 12.0. The van der Waals surface area contributed by atoms with E-state index in [0.717, 1.165) is 18.5 Å². The molecule has 0 aromatic rings. The summed E-state index contributed by atoms with van der Waals surface area (Å²) in [5.74, 6) is 0.831. The minimum Gasteiger partial charge on any atom is -0.320 e. The van der Waals surface area contributed by atoms with Crippen LogP contribution in [0.3, 0.4) is 0 Å². The van der Waals surface area contributed by atoms with Crippen molar-refractivity contribution in [3.05, 3.63) is 0 Å².